The Morgan fingerprint density at radius 3 is 3.31 bits per heavy atom. The molecule has 0 fully saturated rings. The van der Waals surface area contributed by atoms with E-state index in [0.29, 0.717) is 5.92 Å². The summed E-state index contributed by atoms with van der Waals surface area (Å²) in [4.78, 5) is 0. The third kappa shape index (κ3) is 2.14. The van der Waals surface area contributed by atoms with Crippen LogP contribution in [0.25, 0.3) is 0 Å². The molecule has 1 heterocycles. The van der Waals surface area contributed by atoms with Gasteiger partial charge in [-0.3, -0.25) is 0 Å². The first-order valence-electron chi connectivity index (χ1n) is 4.81. The van der Waals surface area contributed by atoms with Gasteiger partial charge in [0.1, 0.15) is 5.75 Å². The zero-order valence-electron chi connectivity index (χ0n) is 7.92. The van der Waals surface area contributed by atoms with Crippen LogP contribution in [0.4, 0.5) is 5.69 Å². The summed E-state index contributed by atoms with van der Waals surface area (Å²) in [6.07, 6.45) is 1.12. The number of anilines is 1. The summed E-state index contributed by atoms with van der Waals surface area (Å²) in [6.45, 7) is 4.10. The Bertz CT molecular complexity index is 285. The molecule has 70 valence electrons. The Morgan fingerprint density at radius 2 is 2.38 bits per heavy atom. The highest BCUT2D eigenvalue weighted by atomic mass is 16.5. The first kappa shape index (κ1) is 8.42. The van der Waals surface area contributed by atoms with Gasteiger partial charge in [0, 0.05) is 18.3 Å². The van der Waals surface area contributed by atoms with Crippen LogP contribution in [0.1, 0.15) is 13.3 Å². The van der Waals surface area contributed by atoms with Crippen molar-refractivity contribution in [3.05, 3.63) is 24.3 Å². The molecule has 0 radical (unpaired) electrons. The number of hydrogen-bond acceptors (Lipinski definition) is 2. The van der Waals surface area contributed by atoms with Crippen LogP contribution < -0.4 is 10.1 Å². The van der Waals surface area contributed by atoms with Gasteiger partial charge in [0.25, 0.3) is 0 Å². The number of ether oxygens (including phenoxy) is 1. The first-order valence-corrected chi connectivity index (χ1v) is 4.81. The largest absolute Gasteiger partial charge is 0.494 e. The monoisotopic (exact) mass is 177 g/mol. The quantitative estimate of drug-likeness (QED) is 0.657. The molecule has 0 spiro atoms. The molecule has 0 aromatic heterocycles. The maximum Gasteiger partial charge on any atom is 0.121 e. The van der Waals surface area contributed by atoms with Crippen molar-refractivity contribution < 1.29 is 4.74 Å². The van der Waals surface area contributed by atoms with Crippen molar-refractivity contribution in [3.63, 3.8) is 0 Å². The predicted molar refractivity (Wildman–Crippen MR) is 54.2 cm³/mol. The molecule has 1 unspecified atom stereocenters. The molecular formula is C11H15NO. The van der Waals surface area contributed by atoms with Gasteiger partial charge in [-0.05, 0) is 24.5 Å². The maximum absolute atomic E-state index is 5.60. The lowest BCUT2D eigenvalue weighted by molar-refractivity contribution is 0.289. The minimum absolute atomic E-state index is 0.675. The van der Waals surface area contributed by atoms with Crippen LogP contribution in [-0.4, -0.2) is 13.2 Å². The standard InChI is InChI=1S/C11H15NO/c1-9-5-6-13-11-4-2-3-10(7-11)12-8-9/h2-4,7,9,12H,5-6,8H2,1H3. The molecule has 1 aliphatic heterocycles. The SMILES string of the molecule is CC1CCOc2cccc(c2)NC1. The fourth-order valence-electron chi connectivity index (χ4n) is 1.47. The predicted octanol–water partition coefficient (Wildman–Crippen LogP) is 2.52. The average molecular weight is 177 g/mol. The maximum atomic E-state index is 5.60. The smallest absolute Gasteiger partial charge is 0.121 e. The van der Waals surface area contributed by atoms with Gasteiger partial charge >= 0.3 is 0 Å². The van der Waals surface area contributed by atoms with Crippen LogP contribution in [0, 0.1) is 5.92 Å². The molecule has 2 nitrogen and oxygen atoms in total. The van der Waals surface area contributed by atoms with E-state index in [-0.39, 0.29) is 0 Å². The molecule has 1 aliphatic rings. The third-order valence-electron chi connectivity index (χ3n) is 2.37. The fourth-order valence-corrected chi connectivity index (χ4v) is 1.47. The lowest BCUT2D eigenvalue weighted by atomic mass is 10.1. The molecular weight excluding hydrogens is 162 g/mol. The van der Waals surface area contributed by atoms with Crippen molar-refractivity contribution in [2.24, 2.45) is 5.92 Å². The van der Waals surface area contributed by atoms with Crippen LogP contribution in [0.2, 0.25) is 0 Å². The average Bonchev–Trinajstić information content (AvgIpc) is 2.20. The Balaban J connectivity index is 2.18. The summed E-state index contributed by atoms with van der Waals surface area (Å²) >= 11 is 0. The molecule has 1 atom stereocenters. The topological polar surface area (TPSA) is 21.3 Å². The fraction of sp³-hybridized carbons (Fsp3) is 0.455. The summed E-state index contributed by atoms with van der Waals surface area (Å²) in [5, 5.41) is 3.40. The molecule has 0 saturated heterocycles. The number of fused-ring (bicyclic) bond motifs is 2. The van der Waals surface area contributed by atoms with E-state index in [1.807, 2.05) is 12.1 Å². The van der Waals surface area contributed by atoms with Gasteiger partial charge in [0.05, 0.1) is 6.61 Å². The number of hydrogen-bond donors (Lipinski definition) is 1. The van der Waals surface area contributed by atoms with Crippen molar-refractivity contribution in [1.29, 1.82) is 0 Å². The minimum atomic E-state index is 0.675. The van der Waals surface area contributed by atoms with Gasteiger partial charge in [-0.1, -0.05) is 13.0 Å². The molecule has 0 aliphatic carbocycles. The molecule has 2 heteroatoms. The van der Waals surface area contributed by atoms with Crippen molar-refractivity contribution in [2.45, 2.75) is 13.3 Å². The number of rotatable bonds is 0. The van der Waals surface area contributed by atoms with E-state index in [1.165, 1.54) is 0 Å². The second kappa shape index (κ2) is 3.69. The van der Waals surface area contributed by atoms with E-state index in [4.69, 9.17) is 4.74 Å². The zero-order valence-corrected chi connectivity index (χ0v) is 7.92. The number of benzene rings is 1. The highest BCUT2D eigenvalue weighted by Gasteiger charge is 2.06. The van der Waals surface area contributed by atoms with E-state index >= 15 is 0 Å². The summed E-state index contributed by atoms with van der Waals surface area (Å²) in [6, 6.07) is 8.15. The van der Waals surface area contributed by atoms with Gasteiger partial charge in [0.15, 0.2) is 0 Å². The lowest BCUT2D eigenvalue weighted by Crippen LogP contribution is -2.12. The normalized spacial score (nSPS) is 21.8. The molecule has 1 N–H and O–H groups in total. The molecule has 0 amide bonds. The summed E-state index contributed by atoms with van der Waals surface area (Å²) in [5.74, 6) is 1.65. The van der Waals surface area contributed by atoms with Crippen LogP contribution in [0.3, 0.4) is 0 Å². The molecule has 2 bridgehead atoms. The van der Waals surface area contributed by atoms with E-state index in [0.717, 1.165) is 31.0 Å². The molecule has 2 rings (SSSR count). The minimum Gasteiger partial charge on any atom is -0.494 e. The summed E-state index contributed by atoms with van der Waals surface area (Å²) in [7, 11) is 0. The third-order valence-corrected chi connectivity index (χ3v) is 2.37. The lowest BCUT2D eigenvalue weighted by Gasteiger charge is -2.10. The van der Waals surface area contributed by atoms with E-state index < -0.39 is 0 Å². The summed E-state index contributed by atoms with van der Waals surface area (Å²) < 4.78 is 5.60. The van der Waals surface area contributed by atoms with Crippen molar-refractivity contribution in [1.82, 2.24) is 0 Å². The number of nitrogens with one attached hydrogen (secondary N) is 1. The van der Waals surface area contributed by atoms with Crippen LogP contribution in [0.15, 0.2) is 24.3 Å². The van der Waals surface area contributed by atoms with Gasteiger partial charge in [-0.25, -0.2) is 0 Å². The zero-order chi connectivity index (χ0) is 9.10. The van der Waals surface area contributed by atoms with Crippen LogP contribution in [0.5, 0.6) is 5.75 Å². The van der Waals surface area contributed by atoms with Crippen molar-refractivity contribution in [3.8, 4) is 5.75 Å². The second-order valence-electron chi connectivity index (χ2n) is 3.65. The Hall–Kier alpha value is -1.18. The Labute approximate surface area is 78.9 Å². The molecule has 1 aromatic rings. The first-order chi connectivity index (χ1) is 6.34. The van der Waals surface area contributed by atoms with E-state index in [9.17, 15) is 0 Å². The highest BCUT2D eigenvalue weighted by Crippen LogP contribution is 2.20. The van der Waals surface area contributed by atoms with E-state index in [1.54, 1.807) is 0 Å². The van der Waals surface area contributed by atoms with Gasteiger partial charge in [0.2, 0.25) is 0 Å². The van der Waals surface area contributed by atoms with E-state index in [2.05, 4.69) is 24.4 Å². The Kier molecular flexibility index (Phi) is 2.39. The highest BCUT2D eigenvalue weighted by molar-refractivity contribution is 5.48. The van der Waals surface area contributed by atoms with Gasteiger partial charge in [-0.2, -0.15) is 0 Å². The van der Waals surface area contributed by atoms with Crippen LogP contribution in [-0.2, 0) is 0 Å². The Morgan fingerprint density at radius 1 is 1.46 bits per heavy atom. The van der Waals surface area contributed by atoms with Crippen molar-refractivity contribution >= 4 is 5.69 Å². The summed E-state index contributed by atoms with van der Waals surface area (Å²) in [5.41, 5.74) is 1.16. The van der Waals surface area contributed by atoms with Gasteiger partial charge in [-0.15, -0.1) is 0 Å². The molecule has 1 aromatic carbocycles. The second-order valence-corrected chi connectivity index (χ2v) is 3.65. The van der Waals surface area contributed by atoms with Crippen molar-refractivity contribution in [2.75, 3.05) is 18.5 Å². The van der Waals surface area contributed by atoms with Gasteiger partial charge < -0.3 is 10.1 Å². The van der Waals surface area contributed by atoms with Crippen LogP contribution >= 0.6 is 0 Å². The molecule has 13 heavy (non-hydrogen) atoms. The molecule has 0 saturated carbocycles.